The number of phenolic OH excluding ortho intramolecular Hbond substituents is 1. The van der Waals surface area contributed by atoms with Crippen molar-refractivity contribution in [1.29, 1.82) is 0 Å². The van der Waals surface area contributed by atoms with E-state index in [-0.39, 0.29) is 17.9 Å². The number of aliphatic hydroxyl groups is 1. The molecule has 2 aromatic carbocycles. The van der Waals surface area contributed by atoms with Crippen LogP contribution in [0.15, 0.2) is 36.4 Å². The summed E-state index contributed by atoms with van der Waals surface area (Å²) in [4.78, 5) is 6.11. The number of fused-ring (bicyclic) bond motifs is 4. The minimum Gasteiger partial charge on any atom is -0.504 e. The smallest absolute Gasteiger partial charge is 0.166 e. The monoisotopic (exact) mass is 402 g/mol. The first-order valence-corrected chi connectivity index (χ1v) is 11.1. The highest BCUT2D eigenvalue weighted by atomic mass is 16.5. The van der Waals surface area contributed by atoms with Gasteiger partial charge in [-0.3, -0.25) is 4.90 Å². The minimum atomic E-state index is -0.940. The SMILES string of the molecule is CC(C)N1CC[C@]23c4c5ccc(O)c4O[C@H]2c2[nH]c4ccccc4c2C[C@@]3(O)[C@@H]1C5. The molecule has 0 saturated carbocycles. The maximum Gasteiger partial charge on any atom is 0.166 e. The molecule has 2 bridgehead atoms. The molecule has 1 aromatic heterocycles. The number of nitrogens with zero attached hydrogens (tertiary/aromatic N) is 1. The number of rotatable bonds is 1. The maximum atomic E-state index is 12.6. The normalized spacial score (nSPS) is 33.5. The second kappa shape index (κ2) is 5.21. The fourth-order valence-corrected chi connectivity index (χ4v) is 7.29. The summed E-state index contributed by atoms with van der Waals surface area (Å²) in [5, 5.41) is 24.5. The van der Waals surface area contributed by atoms with Gasteiger partial charge in [-0.05, 0) is 56.5 Å². The Morgan fingerprint density at radius 2 is 2.03 bits per heavy atom. The van der Waals surface area contributed by atoms with E-state index in [0.717, 1.165) is 36.2 Å². The van der Waals surface area contributed by atoms with Crippen molar-refractivity contribution in [1.82, 2.24) is 9.88 Å². The predicted octanol–water partition coefficient (Wildman–Crippen LogP) is 3.57. The molecule has 0 amide bonds. The molecule has 1 fully saturated rings. The number of piperidine rings is 1. The van der Waals surface area contributed by atoms with E-state index in [1.54, 1.807) is 6.07 Å². The Kier molecular flexibility index (Phi) is 2.99. The molecule has 7 rings (SSSR count). The third kappa shape index (κ3) is 1.68. The molecule has 3 N–H and O–H groups in total. The van der Waals surface area contributed by atoms with Crippen LogP contribution in [0.5, 0.6) is 11.5 Å². The van der Waals surface area contributed by atoms with Crippen LogP contribution in [-0.2, 0) is 18.3 Å². The predicted molar refractivity (Wildman–Crippen MR) is 114 cm³/mol. The van der Waals surface area contributed by atoms with Crippen molar-refractivity contribution in [2.24, 2.45) is 0 Å². The lowest BCUT2D eigenvalue weighted by Gasteiger charge is -2.63. The fourth-order valence-electron chi connectivity index (χ4n) is 7.29. The lowest BCUT2D eigenvalue weighted by Crippen LogP contribution is -2.75. The van der Waals surface area contributed by atoms with Crippen LogP contribution in [-0.4, -0.2) is 44.3 Å². The fraction of sp³-hybridized carbons (Fsp3) is 0.440. The molecule has 2 aliphatic carbocycles. The Hall–Kier alpha value is -2.50. The molecule has 5 nitrogen and oxygen atoms in total. The van der Waals surface area contributed by atoms with E-state index in [1.807, 2.05) is 12.1 Å². The summed E-state index contributed by atoms with van der Waals surface area (Å²) in [5.74, 6) is 0.765. The molecule has 2 aliphatic heterocycles. The number of hydrogen-bond acceptors (Lipinski definition) is 4. The van der Waals surface area contributed by atoms with Gasteiger partial charge in [-0.15, -0.1) is 0 Å². The number of phenols is 1. The van der Waals surface area contributed by atoms with Gasteiger partial charge in [-0.1, -0.05) is 24.3 Å². The van der Waals surface area contributed by atoms with Gasteiger partial charge >= 0.3 is 0 Å². The van der Waals surface area contributed by atoms with Gasteiger partial charge in [0.15, 0.2) is 17.6 Å². The van der Waals surface area contributed by atoms with Crippen molar-refractivity contribution in [3.8, 4) is 11.5 Å². The Balaban J connectivity index is 1.58. The lowest BCUT2D eigenvalue weighted by molar-refractivity contribution is -0.178. The number of nitrogens with one attached hydrogen (secondary N) is 1. The number of likely N-dealkylation sites (tertiary alicyclic amines) is 1. The van der Waals surface area contributed by atoms with E-state index in [9.17, 15) is 10.2 Å². The number of benzene rings is 2. The average molecular weight is 402 g/mol. The molecule has 30 heavy (non-hydrogen) atoms. The molecule has 1 spiro atoms. The first-order chi connectivity index (χ1) is 14.5. The van der Waals surface area contributed by atoms with Gasteiger partial charge in [-0.2, -0.15) is 0 Å². The van der Waals surface area contributed by atoms with Crippen LogP contribution in [0, 0.1) is 0 Å². The number of aromatic hydroxyl groups is 1. The van der Waals surface area contributed by atoms with Gasteiger partial charge in [-0.25, -0.2) is 0 Å². The van der Waals surface area contributed by atoms with Crippen LogP contribution in [0.2, 0.25) is 0 Å². The first kappa shape index (κ1) is 17.2. The summed E-state index contributed by atoms with van der Waals surface area (Å²) < 4.78 is 6.57. The number of aromatic amines is 1. The van der Waals surface area contributed by atoms with Crippen LogP contribution in [0.1, 0.15) is 48.8 Å². The molecule has 1 saturated heterocycles. The number of H-pyrrole nitrogens is 1. The van der Waals surface area contributed by atoms with Crippen LogP contribution in [0.3, 0.4) is 0 Å². The molecular weight excluding hydrogens is 376 g/mol. The number of hydrogen-bond donors (Lipinski definition) is 3. The van der Waals surface area contributed by atoms with E-state index < -0.39 is 11.0 Å². The summed E-state index contributed by atoms with van der Waals surface area (Å²) >= 11 is 0. The Morgan fingerprint density at radius 1 is 1.20 bits per heavy atom. The molecular formula is C25H26N2O3. The quantitative estimate of drug-likeness (QED) is 0.582. The lowest BCUT2D eigenvalue weighted by atomic mass is 9.49. The molecule has 3 heterocycles. The number of ether oxygens (including phenoxy) is 1. The third-order valence-electron chi connectivity index (χ3n) is 8.47. The van der Waals surface area contributed by atoms with Gasteiger partial charge in [0.1, 0.15) is 0 Å². The van der Waals surface area contributed by atoms with Crippen molar-refractivity contribution in [3.05, 3.63) is 58.8 Å². The first-order valence-electron chi connectivity index (χ1n) is 11.1. The van der Waals surface area contributed by atoms with E-state index in [1.165, 1.54) is 16.5 Å². The summed E-state index contributed by atoms with van der Waals surface area (Å²) in [6.07, 6.45) is 1.90. The molecule has 0 radical (unpaired) electrons. The van der Waals surface area contributed by atoms with Gasteiger partial charge in [0, 0.05) is 35.0 Å². The molecule has 3 aromatic rings. The molecule has 4 aliphatic rings. The highest BCUT2D eigenvalue weighted by molar-refractivity contribution is 5.86. The average Bonchev–Trinajstić information content (AvgIpc) is 3.24. The summed E-state index contributed by atoms with van der Waals surface area (Å²) in [5.41, 5.74) is 4.12. The zero-order valence-electron chi connectivity index (χ0n) is 17.3. The topological polar surface area (TPSA) is 68.7 Å². The van der Waals surface area contributed by atoms with Crippen LogP contribution in [0.4, 0.5) is 0 Å². The largest absolute Gasteiger partial charge is 0.504 e. The van der Waals surface area contributed by atoms with Gasteiger partial charge in [0.05, 0.1) is 16.7 Å². The van der Waals surface area contributed by atoms with Gasteiger partial charge < -0.3 is 19.9 Å². The van der Waals surface area contributed by atoms with Crippen molar-refractivity contribution < 1.29 is 14.9 Å². The third-order valence-corrected chi connectivity index (χ3v) is 8.47. The van der Waals surface area contributed by atoms with Crippen molar-refractivity contribution >= 4 is 10.9 Å². The van der Waals surface area contributed by atoms with E-state index in [2.05, 4.69) is 41.9 Å². The zero-order valence-corrected chi connectivity index (χ0v) is 17.3. The Bertz CT molecular complexity index is 1230. The van der Waals surface area contributed by atoms with Crippen LogP contribution < -0.4 is 4.74 Å². The minimum absolute atomic E-state index is 0.0298. The standard InChI is InChI=1S/C25H26N2O3/c1-13(2)27-10-9-24-20-14-7-8-18(28)22(20)30-23(24)21-16(12-25(24,29)19(27)11-14)15-5-3-4-6-17(15)26-21/h3-8,13,19,23,26,28-29H,9-12H2,1-2H3/t19-,23-,24-,25+/m0/s1. The molecule has 4 atom stereocenters. The molecule has 5 heteroatoms. The van der Waals surface area contributed by atoms with Crippen LogP contribution in [0.25, 0.3) is 10.9 Å². The molecule has 154 valence electrons. The highest BCUT2D eigenvalue weighted by Crippen LogP contribution is 2.69. The van der Waals surface area contributed by atoms with Crippen molar-refractivity contribution in [3.63, 3.8) is 0 Å². The second-order valence-electron chi connectivity index (χ2n) is 9.88. The van der Waals surface area contributed by atoms with E-state index >= 15 is 0 Å². The van der Waals surface area contributed by atoms with Crippen molar-refractivity contribution in [2.45, 2.75) is 62.3 Å². The van der Waals surface area contributed by atoms with Gasteiger partial charge in [0.25, 0.3) is 0 Å². The Morgan fingerprint density at radius 3 is 2.87 bits per heavy atom. The zero-order chi connectivity index (χ0) is 20.4. The van der Waals surface area contributed by atoms with Crippen LogP contribution >= 0.6 is 0 Å². The number of aromatic nitrogens is 1. The van der Waals surface area contributed by atoms with Crippen molar-refractivity contribution in [2.75, 3.05) is 6.54 Å². The van der Waals surface area contributed by atoms with Gasteiger partial charge in [0.2, 0.25) is 0 Å². The van der Waals surface area contributed by atoms with E-state index in [0.29, 0.717) is 18.2 Å². The Labute approximate surface area is 175 Å². The molecule has 0 unspecified atom stereocenters. The summed E-state index contributed by atoms with van der Waals surface area (Å²) in [6.45, 7) is 5.37. The maximum absolute atomic E-state index is 12.6. The number of para-hydroxylation sites is 1. The summed E-state index contributed by atoms with van der Waals surface area (Å²) in [6, 6.07) is 12.5. The van der Waals surface area contributed by atoms with E-state index in [4.69, 9.17) is 4.74 Å². The second-order valence-corrected chi connectivity index (χ2v) is 9.88. The highest BCUT2D eigenvalue weighted by Gasteiger charge is 2.72. The summed E-state index contributed by atoms with van der Waals surface area (Å²) in [7, 11) is 0.